The number of aliphatic carboxylic acids is 1. The molecule has 0 saturated carbocycles. The molecule has 17 heavy (non-hydrogen) atoms. The zero-order valence-electron chi connectivity index (χ0n) is 9.14. The Morgan fingerprint density at radius 2 is 2.18 bits per heavy atom. The van der Waals surface area contributed by atoms with Gasteiger partial charge in [-0.05, 0) is 23.6 Å². The standard InChI is InChI=1S/C12H13NO4/c14-6-9(12(16)17)7-1-3-10-8(5-7)2-4-11(15)13-10/h1,3,5,9,14H,2,4,6H2,(H,13,15)(H,16,17). The Labute approximate surface area is 98.1 Å². The van der Waals surface area contributed by atoms with Gasteiger partial charge in [-0.3, -0.25) is 9.59 Å². The molecular formula is C12H13NO4. The molecule has 1 atom stereocenters. The van der Waals surface area contributed by atoms with Gasteiger partial charge >= 0.3 is 5.97 Å². The minimum Gasteiger partial charge on any atom is -0.481 e. The van der Waals surface area contributed by atoms with Crippen LogP contribution in [0.2, 0.25) is 0 Å². The Hall–Kier alpha value is -1.88. The Kier molecular flexibility index (Phi) is 3.10. The predicted octanol–water partition coefficient (Wildman–Crippen LogP) is 0.732. The lowest BCUT2D eigenvalue weighted by Gasteiger charge is -2.19. The van der Waals surface area contributed by atoms with Crippen LogP contribution in [0.3, 0.4) is 0 Å². The number of hydrogen-bond donors (Lipinski definition) is 3. The van der Waals surface area contributed by atoms with Gasteiger partial charge in [-0.1, -0.05) is 12.1 Å². The summed E-state index contributed by atoms with van der Waals surface area (Å²) in [6, 6.07) is 5.05. The average molecular weight is 235 g/mol. The van der Waals surface area contributed by atoms with Crippen molar-refractivity contribution in [3.8, 4) is 0 Å². The SMILES string of the molecule is O=C1CCc2cc(C(CO)C(=O)O)ccc2N1. The maximum absolute atomic E-state index is 11.2. The summed E-state index contributed by atoms with van der Waals surface area (Å²) in [5.74, 6) is -1.98. The number of aliphatic hydroxyl groups excluding tert-OH is 1. The summed E-state index contributed by atoms with van der Waals surface area (Å²) in [5.41, 5.74) is 2.21. The number of aliphatic hydroxyl groups is 1. The molecule has 5 nitrogen and oxygen atoms in total. The minimum atomic E-state index is -1.05. The second-order valence-corrected chi connectivity index (χ2v) is 4.04. The molecule has 1 amide bonds. The van der Waals surface area contributed by atoms with Gasteiger partial charge in [-0.25, -0.2) is 0 Å². The molecule has 3 N–H and O–H groups in total. The molecule has 1 aromatic rings. The van der Waals surface area contributed by atoms with Crippen molar-refractivity contribution in [1.82, 2.24) is 0 Å². The van der Waals surface area contributed by atoms with Crippen molar-refractivity contribution >= 4 is 17.6 Å². The summed E-state index contributed by atoms with van der Waals surface area (Å²) in [5, 5.41) is 20.7. The van der Waals surface area contributed by atoms with Crippen LogP contribution in [0.1, 0.15) is 23.5 Å². The first-order chi connectivity index (χ1) is 8.11. The van der Waals surface area contributed by atoms with Crippen LogP contribution < -0.4 is 5.32 Å². The number of benzene rings is 1. The van der Waals surface area contributed by atoms with Crippen LogP contribution in [-0.4, -0.2) is 28.7 Å². The number of carboxylic acids is 1. The number of anilines is 1. The number of amides is 1. The van der Waals surface area contributed by atoms with E-state index in [1.165, 1.54) is 0 Å². The molecule has 5 heteroatoms. The lowest BCUT2D eigenvalue weighted by atomic mass is 9.94. The number of fused-ring (bicyclic) bond motifs is 1. The summed E-state index contributed by atoms with van der Waals surface area (Å²) in [4.78, 5) is 22.1. The van der Waals surface area contributed by atoms with E-state index in [1.807, 2.05) is 0 Å². The highest BCUT2D eigenvalue weighted by molar-refractivity contribution is 5.94. The van der Waals surface area contributed by atoms with Crippen molar-refractivity contribution in [2.24, 2.45) is 0 Å². The van der Waals surface area contributed by atoms with Crippen molar-refractivity contribution in [2.75, 3.05) is 11.9 Å². The van der Waals surface area contributed by atoms with Crippen LogP contribution in [0.25, 0.3) is 0 Å². The van der Waals surface area contributed by atoms with Gasteiger partial charge in [0, 0.05) is 12.1 Å². The van der Waals surface area contributed by atoms with Gasteiger partial charge in [-0.2, -0.15) is 0 Å². The fourth-order valence-electron chi connectivity index (χ4n) is 1.95. The summed E-state index contributed by atoms with van der Waals surface area (Å²) < 4.78 is 0. The smallest absolute Gasteiger partial charge is 0.313 e. The summed E-state index contributed by atoms with van der Waals surface area (Å²) in [6.07, 6.45) is 1.01. The molecule has 0 aromatic heterocycles. The van der Waals surface area contributed by atoms with E-state index in [2.05, 4.69) is 5.32 Å². The first-order valence-electron chi connectivity index (χ1n) is 5.38. The van der Waals surface area contributed by atoms with Crippen LogP contribution in [0, 0.1) is 0 Å². The number of aryl methyl sites for hydroxylation is 1. The van der Waals surface area contributed by atoms with Crippen LogP contribution in [0.5, 0.6) is 0 Å². The molecule has 2 rings (SSSR count). The largest absolute Gasteiger partial charge is 0.481 e. The number of nitrogens with one attached hydrogen (secondary N) is 1. The monoisotopic (exact) mass is 235 g/mol. The van der Waals surface area contributed by atoms with E-state index in [1.54, 1.807) is 18.2 Å². The summed E-state index contributed by atoms with van der Waals surface area (Å²) in [7, 11) is 0. The molecule has 1 aromatic carbocycles. The lowest BCUT2D eigenvalue weighted by molar-refractivity contribution is -0.139. The molecule has 0 bridgehead atoms. The fourth-order valence-corrected chi connectivity index (χ4v) is 1.95. The van der Waals surface area contributed by atoms with E-state index in [-0.39, 0.29) is 5.91 Å². The molecule has 0 saturated heterocycles. The third kappa shape index (κ3) is 2.29. The highest BCUT2D eigenvalue weighted by Crippen LogP contribution is 2.26. The maximum Gasteiger partial charge on any atom is 0.313 e. The molecule has 1 aliphatic rings. The molecular weight excluding hydrogens is 222 g/mol. The quantitative estimate of drug-likeness (QED) is 0.721. The molecule has 1 unspecified atom stereocenters. The van der Waals surface area contributed by atoms with Crippen molar-refractivity contribution in [2.45, 2.75) is 18.8 Å². The van der Waals surface area contributed by atoms with Gasteiger partial charge in [0.15, 0.2) is 0 Å². The molecule has 0 fully saturated rings. The number of carbonyl (C=O) groups excluding carboxylic acids is 1. The maximum atomic E-state index is 11.2. The number of hydrogen-bond acceptors (Lipinski definition) is 3. The van der Waals surface area contributed by atoms with Crippen LogP contribution in [0.4, 0.5) is 5.69 Å². The van der Waals surface area contributed by atoms with Crippen LogP contribution in [-0.2, 0) is 16.0 Å². The second-order valence-electron chi connectivity index (χ2n) is 4.04. The average Bonchev–Trinajstić information content (AvgIpc) is 2.29. The fraction of sp³-hybridized carbons (Fsp3) is 0.333. The molecule has 0 radical (unpaired) electrons. The first-order valence-corrected chi connectivity index (χ1v) is 5.38. The topological polar surface area (TPSA) is 86.6 Å². The van der Waals surface area contributed by atoms with Crippen molar-refractivity contribution in [3.63, 3.8) is 0 Å². The summed E-state index contributed by atoms with van der Waals surface area (Å²) in [6.45, 7) is -0.430. The third-order valence-electron chi connectivity index (χ3n) is 2.91. The van der Waals surface area contributed by atoms with E-state index in [4.69, 9.17) is 10.2 Å². The van der Waals surface area contributed by atoms with Gasteiger partial charge in [0.25, 0.3) is 0 Å². The second kappa shape index (κ2) is 4.55. The highest BCUT2D eigenvalue weighted by atomic mass is 16.4. The van der Waals surface area contributed by atoms with Crippen LogP contribution >= 0.6 is 0 Å². The van der Waals surface area contributed by atoms with Gasteiger partial charge in [0.05, 0.1) is 6.61 Å². The molecule has 0 spiro atoms. The van der Waals surface area contributed by atoms with Gasteiger partial charge < -0.3 is 15.5 Å². The first kappa shape index (κ1) is 11.6. The van der Waals surface area contributed by atoms with E-state index < -0.39 is 18.5 Å². The van der Waals surface area contributed by atoms with Crippen molar-refractivity contribution in [1.29, 1.82) is 0 Å². The summed E-state index contributed by atoms with van der Waals surface area (Å²) >= 11 is 0. The zero-order chi connectivity index (χ0) is 12.4. The number of carbonyl (C=O) groups is 2. The molecule has 1 heterocycles. The number of carboxylic acid groups (broad SMARTS) is 1. The van der Waals surface area contributed by atoms with Crippen LogP contribution in [0.15, 0.2) is 18.2 Å². The zero-order valence-corrected chi connectivity index (χ0v) is 9.14. The van der Waals surface area contributed by atoms with E-state index in [9.17, 15) is 9.59 Å². The number of rotatable bonds is 3. The van der Waals surface area contributed by atoms with E-state index >= 15 is 0 Å². The van der Waals surface area contributed by atoms with E-state index in [0.29, 0.717) is 18.4 Å². The van der Waals surface area contributed by atoms with Gasteiger partial charge in [-0.15, -0.1) is 0 Å². The Morgan fingerprint density at radius 1 is 1.41 bits per heavy atom. The lowest BCUT2D eigenvalue weighted by Crippen LogP contribution is -2.20. The van der Waals surface area contributed by atoms with Crippen molar-refractivity contribution < 1.29 is 19.8 Å². The molecule has 0 aliphatic carbocycles. The van der Waals surface area contributed by atoms with Crippen molar-refractivity contribution in [3.05, 3.63) is 29.3 Å². The Balaban J connectivity index is 2.33. The van der Waals surface area contributed by atoms with Gasteiger partial charge in [0.2, 0.25) is 5.91 Å². The Bertz CT molecular complexity index is 470. The third-order valence-corrected chi connectivity index (χ3v) is 2.91. The van der Waals surface area contributed by atoms with Gasteiger partial charge in [0.1, 0.15) is 5.92 Å². The molecule has 1 aliphatic heterocycles. The predicted molar refractivity (Wildman–Crippen MR) is 60.9 cm³/mol. The Morgan fingerprint density at radius 3 is 2.82 bits per heavy atom. The minimum absolute atomic E-state index is 0.0257. The highest BCUT2D eigenvalue weighted by Gasteiger charge is 2.21. The normalized spacial score (nSPS) is 15.9. The molecule has 90 valence electrons. The van der Waals surface area contributed by atoms with E-state index in [0.717, 1.165) is 11.3 Å².